The number of nitrogens with zero attached hydrogens (tertiary/aromatic N) is 3. The Morgan fingerprint density at radius 3 is 2.39 bits per heavy atom. The van der Waals surface area contributed by atoms with Crippen LogP contribution in [0.3, 0.4) is 0 Å². The van der Waals surface area contributed by atoms with Crippen LogP contribution < -0.4 is 5.73 Å². The zero-order valence-electron chi connectivity index (χ0n) is 13.2. The minimum absolute atomic E-state index is 0. The smallest absolute Gasteiger partial charge is 0.263 e. The fourth-order valence-electron chi connectivity index (χ4n) is 2.27. The van der Waals surface area contributed by atoms with E-state index in [-0.39, 0.29) is 18.3 Å². The van der Waals surface area contributed by atoms with Gasteiger partial charge in [0.15, 0.2) is 5.76 Å². The van der Waals surface area contributed by atoms with Gasteiger partial charge in [0.25, 0.3) is 5.89 Å². The van der Waals surface area contributed by atoms with E-state index in [2.05, 4.69) is 15.3 Å². The van der Waals surface area contributed by atoms with Gasteiger partial charge in [-0.05, 0) is 12.5 Å². The highest BCUT2D eigenvalue weighted by Crippen LogP contribution is 2.32. The second-order valence-electron chi connectivity index (χ2n) is 5.49. The van der Waals surface area contributed by atoms with Gasteiger partial charge in [0.1, 0.15) is 5.56 Å². The van der Waals surface area contributed by atoms with Gasteiger partial charge in [-0.1, -0.05) is 48.4 Å². The Kier molecular flexibility index (Phi) is 5.18. The fraction of sp³-hybridized carbons (Fsp3) is 0.312. The summed E-state index contributed by atoms with van der Waals surface area (Å²) in [6.07, 6.45) is 0. The number of halogens is 1. The molecule has 0 aliphatic rings. The SMILES string of the molecule is Cc1noc(C(C)C)c1-c1nc(-c2ccc(CN)cc2)no1.Cl. The van der Waals surface area contributed by atoms with Gasteiger partial charge in [-0.2, -0.15) is 4.98 Å². The lowest BCUT2D eigenvalue weighted by Crippen LogP contribution is -1.95. The van der Waals surface area contributed by atoms with E-state index in [9.17, 15) is 0 Å². The molecule has 6 nitrogen and oxygen atoms in total. The molecule has 2 N–H and O–H groups in total. The van der Waals surface area contributed by atoms with Gasteiger partial charge in [-0.15, -0.1) is 12.4 Å². The van der Waals surface area contributed by atoms with E-state index in [1.54, 1.807) is 0 Å². The summed E-state index contributed by atoms with van der Waals surface area (Å²) in [7, 11) is 0. The van der Waals surface area contributed by atoms with E-state index in [0.717, 1.165) is 28.1 Å². The van der Waals surface area contributed by atoms with Crippen LogP contribution >= 0.6 is 12.4 Å². The number of aromatic nitrogens is 3. The third kappa shape index (κ3) is 3.28. The molecule has 0 saturated carbocycles. The molecule has 0 saturated heterocycles. The second kappa shape index (κ2) is 6.93. The number of hydrogen-bond donors (Lipinski definition) is 1. The normalized spacial score (nSPS) is 10.8. The van der Waals surface area contributed by atoms with Crippen LogP contribution in [0, 0.1) is 6.92 Å². The first-order valence-electron chi connectivity index (χ1n) is 7.19. The lowest BCUT2D eigenvalue weighted by molar-refractivity contribution is 0.367. The van der Waals surface area contributed by atoms with Crippen LogP contribution in [-0.4, -0.2) is 15.3 Å². The number of rotatable bonds is 4. The summed E-state index contributed by atoms with van der Waals surface area (Å²) in [6.45, 7) is 6.44. The van der Waals surface area contributed by atoms with Gasteiger partial charge in [-0.25, -0.2) is 0 Å². The Morgan fingerprint density at radius 1 is 1.09 bits per heavy atom. The van der Waals surface area contributed by atoms with Crippen molar-refractivity contribution in [3.8, 4) is 22.8 Å². The molecular weight excluding hydrogens is 316 g/mol. The molecule has 0 radical (unpaired) electrons. The topological polar surface area (TPSA) is 91.0 Å². The molecule has 1 aromatic carbocycles. The summed E-state index contributed by atoms with van der Waals surface area (Å²) in [5, 5.41) is 8.05. The number of nitrogens with two attached hydrogens (primary N) is 1. The van der Waals surface area contributed by atoms with E-state index >= 15 is 0 Å². The van der Waals surface area contributed by atoms with Crippen LogP contribution in [0.2, 0.25) is 0 Å². The average molecular weight is 335 g/mol. The van der Waals surface area contributed by atoms with Crippen molar-refractivity contribution in [2.45, 2.75) is 33.2 Å². The average Bonchev–Trinajstić information content (AvgIpc) is 3.13. The molecule has 0 aliphatic carbocycles. The highest BCUT2D eigenvalue weighted by atomic mass is 35.5. The minimum atomic E-state index is 0. The van der Waals surface area contributed by atoms with E-state index in [1.807, 2.05) is 45.0 Å². The van der Waals surface area contributed by atoms with Crippen LogP contribution in [0.4, 0.5) is 0 Å². The molecule has 0 atom stereocenters. The summed E-state index contributed by atoms with van der Waals surface area (Å²) in [4.78, 5) is 4.47. The first-order chi connectivity index (χ1) is 10.6. The van der Waals surface area contributed by atoms with Gasteiger partial charge < -0.3 is 14.8 Å². The van der Waals surface area contributed by atoms with Gasteiger partial charge in [-0.3, -0.25) is 0 Å². The molecule has 3 aromatic rings. The molecule has 2 aromatic heterocycles. The predicted molar refractivity (Wildman–Crippen MR) is 89.2 cm³/mol. The monoisotopic (exact) mass is 334 g/mol. The first-order valence-corrected chi connectivity index (χ1v) is 7.19. The van der Waals surface area contributed by atoms with Crippen molar-refractivity contribution >= 4 is 12.4 Å². The van der Waals surface area contributed by atoms with E-state index < -0.39 is 0 Å². The highest BCUT2D eigenvalue weighted by Gasteiger charge is 2.23. The van der Waals surface area contributed by atoms with Crippen molar-refractivity contribution in [3.63, 3.8) is 0 Å². The third-order valence-electron chi connectivity index (χ3n) is 3.50. The molecule has 0 amide bonds. The summed E-state index contributed by atoms with van der Waals surface area (Å²) in [5.41, 5.74) is 9.07. The molecule has 3 rings (SSSR count). The van der Waals surface area contributed by atoms with Crippen LogP contribution in [0.15, 0.2) is 33.3 Å². The predicted octanol–water partition coefficient (Wildman–Crippen LogP) is 3.70. The Bertz CT molecular complexity index is 778. The maximum atomic E-state index is 5.60. The lowest BCUT2D eigenvalue weighted by atomic mass is 10.1. The fourth-order valence-corrected chi connectivity index (χ4v) is 2.27. The summed E-state index contributed by atoms with van der Waals surface area (Å²) in [5.74, 6) is 1.91. The molecule has 0 unspecified atom stereocenters. The molecular formula is C16H19ClN4O2. The molecule has 0 fully saturated rings. The van der Waals surface area contributed by atoms with Crippen molar-refractivity contribution in [1.82, 2.24) is 15.3 Å². The highest BCUT2D eigenvalue weighted by molar-refractivity contribution is 5.85. The van der Waals surface area contributed by atoms with E-state index in [4.69, 9.17) is 14.8 Å². The minimum Gasteiger partial charge on any atom is -0.360 e. The van der Waals surface area contributed by atoms with Crippen molar-refractivity contribution in [3.05, 3.63) is 41.3 Å². The maximum Gasteiger partial charge on any atom is 0.263 e. The standard InChI is InChI=1S/C16H18N4O2.ClH/c1-9(2)14-13(10(3)19-21-14)16-18-15(20-22-16)12-6-4-11(8-17)5-7-12;/h4-7,9H,8,17H2,1-3H3;1H. The van der Waals surface area contributed by atoms with Crippen molar-refractivity contribution in [2.24, 2.45) is 5.73 Å². The van der Waals surface area contributed by atoms with Crippen LogP contribution in [0.5, 0.6) is 0 Å². The van der Waals surface area contributed by atoms with Crippen molar-refractivity contribution < 1.29 is 9.05 Å². The zero-order chi connectivity index (χ0) is 15.7. The number of benzene rings is 1. The van der Waals surface area contributed by atoms with Crippen LogP contribution in [0.25, 0.3) is 22.8 Å². The van der Waals surface area contributed by atoms with Gasteiger partial charge in [0.2, 0.25) is 5.82 Å². The lowest BCUT2D eigenvalue weighted by Gasteiger charge is -2.00. The molecule has 0 aliphatic heterocycles. The van der Waals surface area contributed by atoms with E-state index in [1.165, 1.54) is 0 Å². The Labute approximate surface area is 140 Å². The Hall–Kier alpha value is -2.18. The van der Waals surface area contributed by atoms with E-state index in [0.29, 0.717) is 18.3 Å². The van der Waals surface area contributed by atoms with Gasteiger partial charge in [0.05, 0.1) is 5.69 Å². The van der Waals surface area contributed by atoms with Crippen molar-refractivity contribution in [1.29, 1.82) is 0 Å². The van der Waals surface area contributed by atoms with Gasteiger partial charge in [0, 0.05) is 18.0 Å². The molecule has 0 spiro atoms. The van der Waals surface area contributed by atoms with Crippen LogP contribution in [0.1, 0.15) is 36.8 Å². The molecule has 23 heavy (non-hydrogen) atoms. The summed E-state index contributed by atoms with van der Waals surface area (Å²) >= 11 is 0. The van der Waals surface area contributed by atoms with Crippen LogP contribution in [-0.2, 0) is 6.54 Å². The summed E-state index contributed by atoms with van der Waals surface area (Å²) in [6, 6.07) is 7.77. The first kappa shape index (κ1) is 17.2. The Balaban J connectivity index is 0.00000192. The number of aryl methyl sites for hydroxylation is 1. The van der Waals surface area contributed by atoms with Gasteiger partial charge >= 0.3 is 0 Å². The molecule has 122 valence electrons. The maximum absolute atomic E-state index is 5.60. The largest absolute Gasteiger partial charge is 0.360 e. The number of hydrogen-bond acceptors (Lipinski definition) is 6. The zero-order valence-corrected chi connectivity index (χ0v) is 14.1. The molecule has 0 bridgehead atoms. The molecule has 7 heteroatoms. The van der Waals surface area contributed by atoms with Crippen molar-refractivity contribution in [2.75, 3.05) is 0 Å². The quantitative estimate of drug-likeness (QED) is 0.782. The third-order valence-corrected chi connectivity index (χ3v) is 3.50. The summed E-state index contributed by atoms with van der Waals surface area (Å²) < 4.78 is 10.8. The second-order valence-corrected chi connectivity index (χ2v) is 5.49. The Morgan fingerprint density at radius 2 is 1.78 bits per heavy atom. The molecule has 2 heterocycles.